The minimum atomic E-state index is -4.62. The van der Waals surface area contributed by atoms with Crippen molar-refractivity contribution in [3.8, 4) is 0 Å². The van der Waals surface area contributed by atoms with E-state index in [1.165, 1.54) is 12.1 Å². The topological polar surface area (TPSA) is 88.7 Å². The monoisotopic (exact) mass is 718 g/mol. The molecule has 1 N–H and O–H groups in total. The first-order valence-electron chi connectivity index (χ1n) is 17.6. The Hall–Kier alpha value is -3.55. The number of nitrogens with one attached hydrogen (secondary N) is 1. The molecule has 0 spiro atoms. The van der Waals surface area contributed by atoms with E-state index in [1.807, 2.05) is 29.2 Å². The fourth-order valence-electron chi connectivity index (χ4n) is 7.69. The zero-order chi connectivity index (χ0) is 35.4. The second kappa shape index (κ2) is 15.8. The number of anilines is 1. The van der Waals surface area contributed by atoms with Crippen molar-refractivity contribution < 1.29 is 32.3 Å². The van der Waals surface area contributed by atoms with Gasteiger partial charge in [-0.05, 0) is 88.0 Å². The van der Waals surface area contributed by atoms with Gasteiger partial charge in [-0.15, -0.1) is 0 Å². The zero-order valence-electron chi connectivity index (χ0n) is 28.5. The first-order valence-corrected chi connectivity index (χ1v) is 18.0. The van der Waals surface area contributed by atoms with Crippen molar-refractivity contribution in [1.82, 2.24) is 24.5 Å². The van der Waals surface area contributed by atoms with E-state index in [0.29, 0.717) is 57.2 Å². The fourth-order valence-corrected chi connectivity index (χ4v) is 8.00. The molecule has 2 aromatic rings. The number of piperidine rings is 2. The van der Waals surface area contributed by atoms with Crippen molar-refractivity contribution in [3.05, 3.63) is 64.2 Å². The quantitative estimate of drug-likeness (QED) is 0.419. The minimum absolute atomic E-state index is 0.0639. The lowest BCUT2D eigenvalue weighted by Crippen LogP contribution is -2.52. The number of amides is 4. The SMILES string of the molecule is CN1CCCN(C2CCN(C(=O)[C@@H](Cc3ccc(C(F)(F)F)c(Cl)c3)OC(=O)N3CCC(N4CCc5ccccc5NC4=O)CC3)CC2)CC1. The van der Waals surface area contributed by atoms with Crippen molar-refractivity contribution in [2.75, 3.05) is 71.3 Å². The molecule has 6 rings (SSSR count). The number of hydrogen-bond acceptors (Lipinski definition) is 6. The molecule has 272 valence electrons. The van der Waals surface area contributed by atoms with E-state index in [-0.39, 0.29) is 24.4 Å². The summed E-state index contributed by atoms with van der Waals surface area (Å²) in [5, 5.41) is 2.53. The van der Waals surface area contributed by atoms with Crippen LogP contribution in [0.5, 0.6) is 0 Å². The summed E-state index contributed by atoms with van der Waals surface area (Å²) in [7, 11) is 2.13. The molecule has 4 aliphatic heterocycles. The predicted molar refractivity (Wildman–Crippen MR) is 184 cm³/mol. The maximum atomic E-state index is 14.0. The predicted octanol–water partition coefficient (Wildman–Crippen LogP) is 5.59. The number of benzene rings is 2. The normalized spacial score (nSPS) is 21.2. The number of likely N-dealkylation sites (tertiary alicyclic amines) is 2. The molecule has 14 heteroatoms. The number of carbonyl (C=O) groups excluding carboxylic acids is 3. The van der Waals surface area contributed by atoms with Crippen LogP contribution in [0.25, 0.3) is 0 Å². The first-order chi connectivity index (χ1) is 24.0. The molecular weight excluding hydrogens is 673 g/mol. The highest BCUT2D eigenvalue weighted by atomic mass is 35.5. The molecule has 4 aliphatic rings. The Balaban J connectivity index is 1.09. The van der Waals surface area contributed by atoms with Crippen LogP contribution in [0.3, 0.4) is 0 Å². The largest absolute Gasteiger partial charge is 0.436 e. The number of hydrogen-bond donors (Lipinski definition) is 1. The van der Waals surface area contributed by atoms with Crippen LogP contribution < -0.4 is 5.32 Å². The lowest BCUT2D eigenvalue weighted by molar-refractivity contribution is -0.142. The number of ether oxygens (including phenoxy) is 1. The summed E-state index contributed by atoms with van der Waals surface area (Å²) in [4.78, 5) is 50.5. The number of para-hydroxylation sites is 1. The molecule has 0 aromatic heterocycles. The van der Waals surface area contributed by atoms with Crippen LogP contribution in [-0.2, 0) is 28.5 Å². The van der Waals surface area contributed by atoms with Gasteiger partial charge in [-0.2, -0.15) is 13.2 Å². The van der Waals surface area contributed by atoms with Gasteiger partial charge in [0.05, 0.1) is 10.6 Å². The van der Waals surface area contributed by atoms with Crippen LogP contribution in [0.1, 0.15) is 48.8 Å². The lowest BCUT2D eigenvalue weighted by Gasteiger charge is -2.40. The Labute approximate surface area is 296 Å². The van der Waals surface area contributed by atoms with Gasteiger partial charge in [0.2, 0.25) is 0 Å². The molecule has 10 nitrogen and oxygen atoms in total. The number of nitrogens with zero attached hydrogens (tertiary/aromatic N) is 5. The number of rotatable bonds is 6. The summed E-state index contributed by atoms with van der Waals surface area (Å²) in [5.74, 6) is -0.362. The molecule has 3 saturated heterocycles. The van der Waals surface area contributed by atoms with Crippen molar-refractivity contribution in [2.24, 2.45) is 0 Å². The first kappa shape index (κ1) is 36.2. The highest BCUT2D eigenvalue weighted by Crippen LogP contribution is 2.35. The molecule has 3 fully saturated rings. The molecule has 0 radical (unpaired) electrons. The van der Waals surface area contributed by atoms with Crippen LogP contribution in [0.4, 0.5) is 28.4 Å². The molecule has 2 aromatic carbocycles. The van der Waals surface area contributed by atoms with Crippen LogP contribution in [0.2, 0.25) is 5.02 Å². The van der Waals surface area contributed by atoms with Gasteiger partial charge in [-0.25, -0.2) is 9.59 Å². The third kappa shape index (κ3) is 8.66. The molecule has 0 unspecified atom stereocenters. The van der Waals surface area contributed by atoms with Crippen LogP contribution in [0, 0.1) is 0 Å². The van der Waals surface area contributed by atoms with E-state index < -0.39 is 29.0 Å². The van der Waals surface area contributed by atoms with Crippen molar-refractivity contribution in [2.45, 2.75) is 69.3 Å². The molecule has 0 bridgehead atoms. The highest BCUT2D eigenvalue weighted by molar-refractivity contribution is 6.31. The number of alkyl halides is 3. The van der Waals surface area contributed by atoms with Crippen molar-refractivity contribution in [1.29, 1.82) is 0 Å². The highest BCUT2D eigenvalue weighted by Gasteiger charge is 2.37. The lowest BCUT2D eigenvalue weighted by atomic mass is 10.0. The number of likely N-dealkylation sites (N-methyl/N-ethyl adjacent to an activating group) is 1. The zero-order valence-corrected chi connectivity index (χ0v) is 29.2. The molecule has 1 atom stereocenters. The Kier molecular flexibility index (Phi) is 11.4. The molecule has 0 saturated carbocycles. The van der Waals surface area contributed by atoms with E-state index in [0.717, 1.165) is 69.2 Å². The smallest absolute Gasteiger partial charge is 0.417 e. The van der Waals surface area contributed by atoms with Crippen LogP contribution >= 0.6 is 11.6 Å². The number of halogens is 4. The van der Waals surface area contributed by atoms with Crippen LogP contribution in [-0.4, -0.2) is 127 Å². The van der Waals surface area contributed by atoms with Crippen molar-refractivity contribution >= 4 is 35.3 Å². The Morgan fingerprint density at radius 3 is 2.32 bits per heavy atom. The average molecular weight is 719 g/mol. The summed E-state index contributed by atoms with van der Waals surface area (Å²) in [5.41, 5.74) is 1.29. The van der Waals surface area contributed by atoms with E-state index in [9.17, 15) is 27.6 Å². The molecule has 0 aliphatic carbocycles. The third-order valence-electron chi connectivity index (χ3n) is 10.6. The maximum absolute atomic E-state index is 14.0. The van der Waals surface area contributed by atoms with Gasteiger partial charge < -0.3 is 29.7 Å². The summed E-state index contributed by atoms with van der Waals surface area (Å²) in [6, 6.07) is 11.2. The molecule has 4 amide bonds. The van der Waals surface area contributed by atoms with Crippen molar-refractivity contribution in [3.63, 3.8) is 0 Å². The van der Waals surface area contributed by atoms with Gasteiger partial charge in [0, 0.05) is 70.0 Å². The van der Waals surface area contributed by atoms with Gasteiger partial charge in [0.1, 0.15) is 0 Å². The van der Waals surface area contributed by atoms with Crippen LogP contribution in [0.15, 0.2) is 42.5 Å². The number of fused-ring (bicyclic) bond motifs is 1. The fraction of sp³-hybridized carbons (Fsp3) is 0.583. The van der Waals surface area contributed by atoms with Gasteiger partial charge in [0.15, 0.2) is 6.10 Å². The van der Waals surface area contributed by atoms with Gasteiger partial charge in [0.25, 0.3) is 5.91 Å². The second-order valence-electron chi connectivity index (χ2n) is 13.9. The van der Waals surface area contributed by atoms with Gasteiger partial charge >= 0.3 is 18.3 Å². The molecule has 50 heavy (non-hydrogen) atoms. The Morgan fingerprint density at radius 1 is 0.900 bits per heavy atom. The van der Waals surface area contributed by atoms with E-state index in [1.54, 1.807) is 9.80 Å². The maximum Gasteiger partial charge on any atom is 0.417 e. The number of carbonyl (C=O) groups is 3. The summed E-state index contributed by atoms with van der Waals surface area (Å²) < 4.78 is 46.1. The Morgan fingerprint density at radius 2 is 1.60 bits per heavy atom. The minimum Gasteiger partial charge on any atom is -0.436 e. The summed E-state index contributed by atoms with van der Waals surface area (Å²) in [6.07, 6.45) is -2.10. The summed E-state index contributed by atoms with van der Waals surface area (Å²) >= 11 is 6.02. The van der Waals surface area contributed by atoms with Gasteiger partial charge in [-0.3, -0.25) is 9.69 Å². The van der Waals surface area contributed by atoms with Gasteiger partial charge in [-0.1, -0.05) is 35.9 Å². The molecular formula is C36H46ClF3N6O4. The van der Waals surface area contributed by atoms with E-state index >= 15 is 0 Å². The second-order valence-corrected chi connectivity index (χ2v) is 14.3. The van der Waals surface area contributed by atoms with E-state index in [2.05, 4.69) is 22.2 Å². The molecule has 4 heterocycles. The third-order valence-corrected chi connectivity index (χ3v) is 10.9. The number of urea groups is 1. The summed E-state index contributed by atoms with van der Waals surface area (Å²) in [6.45, 7) is 6.32. The standard InChI is InChI=1S/C36H46ClF3N6O4/c1-42-14-4-15-43(22-21-42)27-10-16-44(17-11-27)33(47)32(24-25-7-8-29(30(37)23-25)36(38,39)40)50-35(49)45-18-12-28(13-19-45)46-20-9-26-5-2-3-6-31(26)41-34(46)48/h2-3,5-8,23,27-28,32H,4,9-22,24H2,1H3,(H,41,48)/t32-/m1/s1. The average Bonchev–Trinajstić information content (AvgIpc) is 3.42. The Bertz CT molecular complexity index is 1530. The van der Waals surface area contributed by atoms with E-state index in [4.69, 9.17) is 16.3 Å².